The summed E-state index contributed by atoms with van der Waals surface area (Å²) in [6, 6.07) is 7.09. The molecule has 0 fully saturated rings. The molecule has 6 heteroatoms. The summed E-state index contributed by atoms with van der Waals surface area (Å²) in [6.07, 6.45) is 0. The van der Waals surface area contributed by atoms with E-state index < -0.39 is 21.8 Å². The van der Waals surface area contributed by atoms with E-state index in [4.69, 9.17) is 4.55 Å². The van der Waals surface area contributed by atoms with Crippen LogP contribution in [0.5, 0.6) is 0 Å². The molecular weight excluding hydrogens is 274 g/mol. The molecule has 0 heterocycles. The Morgan fingerprint density at radius 3 is 2.26 bits per heavy atom. The van der Waals surface area contributed by atoms with Gasteiger partial charge in [0.15, 0.2) is 0 Å². The second-order valence-electron chi connectivity index (χ2n) is 4.08. The molecule has 19 heavy (non-hydrogen) atoms. The largest absolute Gasteiger partial charge is 0.294 e. The van der Waals surface area contributed by atoms with E-state index in [0.717, 1.165) is 12.1 Å². The van der Waals surface area contributed by atoms with Crippen LogP contribution in [0.1, 0.15) is 5.56 Å². The number of halogens is 2. The highest BCUT2D eigenvalue weighted by molar-refractivity contribution is 7.85. The minimum Gasteiger partial charge on any atom is -0.282 e. The van der Waals surface area contributed by atoms with Gasteiger partial charge in [-0.1, -0.05) is 6.07 Å². The zero-order valence-corrected chi connectivity index (χ0v) is 10.7. The van der Waals surface area contributed by atoms with Crippen LogP contribution in [0.25, 0.3) is 11.1 Å². The minimum atomic E-state index is -4.30. The first kappa shape index (κ1) is 13.6. The molecule has 0 bridgehead atoms. The van der Waals surface area contributed by atoms with E-state index in [1.807, 2.05) is 0 Å². The monoisotopic (exact) mass is 284 g/mol. The van der Waals surface area contributed by atoms with Gasteiger partial charge >= 0.3 is 0 Å². The number of benzene rings is 2. The normalized spacial score (nSPS) is 11.6. The summed E-state index contributed by atoms with van der Waals surface area (Å²) in [6.45, 7) is 1.48. The average Bonchev–Trinajstić information content (AvgIpc) is 2.26. The fourth-order valence-electron chi connectivity index (χ4n) is 1.83. The number of hydrogen-bond donors (Lipinski definition) is 1. The van der Waals surface area contributed by atoms with Gasteiger partial charge in [-0.25, -0.2) is 8.78 Å². The first-order chi connectivity index (χ1) is 8.79. The molecule has 0 aromatic heterocycles. The summed E-state index contributed by atoms with van der Waals surface area (Å²) in [5.41, 5.74) is 0.845. The summed E-state index contributed by atoms with van der Waals surface area (Å²) in [5.74, 6) is -1.42. The van der Waals surface area contributed by atoms with Crippen LogP contribution in [0, 0.1) is 18.6 Å². The molecule has 2 aromatic carbocycles. The molecule has 0 amide bonds. The third kappa shape index (κ3) is 2.80. The van der Waals surface area contributed by atoms with Crippen molar-refractivity contribution in [2.45, 2.75) is 11.8 Å². The third-order valence-corrected chi connectivity index (χ3v) is 3.71. The second-order valence-corrected chi connectivity index (χ2v) is 5.47. The summed E-state index contributed by atoms with van der Waals surface area (Å²) in [7, 11) is -4.30. The highest BCUT2D eigenvalue weighted by Crippen LogP contribution is 2.27. The second kappa shape index (κ2) is 4.71. The van der Waals surface area contributed by atoms with E-state index in [1.54, 1.807) is 0 Å². The SMILES string of the molecule is Cc1cc(-c2ccc(F)cc2F)ccc1S(=O)(=O)O. The Balaban J connectivity index is 2.57. The van der Waals surface area contributed by atoms with Gasteiger partial charge in [0.05, 0.1) is 4.90 Å². The van der Waals surface area contributed by atoms with Crippen LogP contribution in [0.3, 0.4) is 0 Å². The number of rotatable bonds is 2. The topological polar surface area (TPSA) is 54.4 Å². The lowest BCUT2D eigenvalue weighted by Gasteiger charge is -2.07. The maximum absolute atomic E-state index is 13.6. The van der Waals surface area contributed by atoms with Gasteiger partial charge in [-0.2, -0.15) is 8.42 Å². The van der Waals surface area contributed by atoms with E-state index >= 15 is 0 Å². The van der Waals surface area contributed by atoms with Crippen molar-refractivity contribution in [3.05, 3.63) is 53.6 Å². The molecule has 0 aliphatic rings. The molecular formula is C13H10F2O3S. The molecule has 1 N–H and O–H groups in total. The Morgan fingerprint density at radius 2 is 1.74 bits per heavy atom. The molecule has 0 aliphatic carbocycles. The molecule has 0 saturated heterocycles. The summed E-state index contributed by atoms with van der Waals surface area (Å²) >= 11 is 0. The van der Waals surface area contributed by atoms with Crippen molar-refractivity contribution in [1.29, 1.82) is 0 Å². The van der Waals surface area contributed by atoms with Gasteiger partial charge in [0.25, 0.3) is 10.1 Å². The maximum atomic E-state index is 13.6. The van der Waals surface area contributed by atoms with Gasteiger partial charge < -0.3 is 0 Å². The zero-order chi connectivity index (χ0) is 14.2. The van der Waals surface area contributed by atoms with E-state index in [2.05, 4.69) is 0 Å². The molecule has 100 valence electrons. The molecule has 0 aliphatic heterocycles. The molecule has 0 radical (unpaired) electrons. The fraction of sp³-hybridized carbons (Fsp3) is 0.0769. The van der Waals surface area contributed by atoms with Gasteiger partial charge in [0.2, 0.25) is 0 Å². The smallest absolute Gasteiger partial charge is 0.282 e. The Labute approximate surface area is 109 Å². The molecule has 0 atom stereocenters. The number of aryl methyl sites for hydroxylation is 1. The van der Waals surface area contributed by atoms with Crippen molar-refractivity contribution in [1.82, 2.24) is 0 Å². The zero-order valence-electron chi connectivity index (χ0n) is 9.89. The fourth-order valence-corrected chi connectivity index (χ4v) is 2.54. The molecule has 3 nitrogen and oxygen atoms in total. The number of hydrogen-bond acceptors (Lipinski definition) is 2. The predicted octanol–water partition coefficient (Wildman–Crippen LogP) is 3.19. The van der Waals surface area contributed by atoms with Crippen molar-refractivity contribution >= 4 is 10.1 Å². The van der Waals surface area contributed by atoms with Gasteiger partial charge in [-0.05, 0) is 42.3 Å². The molecule has 2 aromatic rings. The van der Waals surface area contributed by atoms with Crippen molar-refractivity contribution < 1.29 is 21.8 Å². The van der Waals surface area contributed by atoms with Crippen LogP contribution in [0.2, 0.25) is 0 Å². The van der Waals surface area contributed by atoms with E-state index in [1.165, 1.54) is 31.2 Å². The van der Waals surface area contributed by atoms with Gasteiger partial charge in [-0.15, -0.1) is 0 Å². The Hall–Kier alpha value is -1.79. The lowest BCUT2D eigenvalue weighted by molar-refractivity contribution is 0.482. The molecule has 0 spiro atoms. The Bertz CT molecular complexity index is 740. The predicted molar refractivity (Wildman–Crippen MR) is 66.3 cm³/mol. The van der Waals surface area contributed by atoms with Crippen LogP contribution in [-0.4, -0.2) is 13.0 Å². The van der Waals surface area contributed by atoms with Gasteiger partial charge in [0, 0.05) is 11.6 Å². The quantitative estimate of drug-likeness (QED) is 0.862. The summed E-state index contributed by atoms with van der Waals surface area (Å²) in [5, 5.41) is 0. The van der Waals surface area contributed by atoms with E-state index in [-0.39, 0.29) is 16.0 Å². The lowest BCUT2D eigenvalue weighted by atomic mass is 10.0. The van der Waals surface area contributed by atoms with Crippen LogP contribution in [-0.2, 0) is 10.1 Å². The Kier molecular flexibility index (Phi) is 3.38. The van der Waals surface area contributed by atoms with Crippen molar-refractivity contribution in [3.63, 3.8) is 0 Å². The van der Waals surface area contributed by atoms with Crippen molar-refractivity contribution in [2.75, 3.05) is 0 Å². The van der Waals surface area contributed by atoms with Crippen molar-refractivity contribution in [2.24, 2.45) is 0 Å². The highest BCUT2D eigenvalue weighted by atomic mass is 32.2. The highest BCUT2D eigenvalue weighted by Gasteiger charge is 2.14. The maximum Gasteiger partial charge on any atom is 0.294 e. The lowest BCUT2D eigenvalue weighted by Crippen LogP contribution is -2.01. The first-order valence-electron chi connectivity index (χ1n) is 5.32. The molecule has 0 saturated carbocycles. The Morgan fingerprint density at radius 1 is 1.05 bits per heavy atom. The first-order valence-corrected chi connectivity index (χ1v) is 6.76. The van der Waals surface area contributed by atoms with Crippen LogP contribution in [0.15, 0.2) is 41.3 Å². The summed E-state index contributed by atoms with van der Waals surface area (Å²) in [4.78, 5) is -0.237. The van der Waals surface area contributed by atoms with Gasteiger partial charge in [-0.3, -0.25) is 4.55 Å². The molecule has 0 unspecified atom stereocenters. The average molecular weight is 284 g/mol. The van der Waals surface area contributed by atoms with Crippen LogP contribution in [0.4, 0.5) is 8.78 Å². The van der Waals surface area contributed by atoms with Crippen LogP contribution < -0.4 is 0 Å². The van der Waals surface area contributed by atoms with Crippen LogP contribution >= 0.6 is 0 Å². The summed E-state index contributed by atoms with van der Waals surface area (Å²) < 4.78 is 57.5. The standard InChI is InChI=1S/C13H10F2O3S/c1-8-6-9(2-5-13(8)19(16,17)18)11-4-3-10(14)7-12(11)15/h2-7H,1H3,(H,16,17,18). The minimum absolute atomic E-state index is 0.159. The van der Waals surface area contributed by atoms with Gasteiger partial charge in [0.1, 0.15) is 11.6 Å². The third-order valence-electron chi connectivity index (χ3n) is 2.69. The van der Waals surface area contributed by atoms with E-state index in [9.17, 15) is 17.2 Å². The van der Waals surface area contributed by atoms with Crippen molar-refractivity contribution in [3.8, 4) is 11.1 Å². The van der Waals surface area contributed by atoms with E-state index in [0.29, 0.717) is 5.56 Å². The molecule has 2 rings (SSSR count).